The highest BCUT2D eigenvalue weighted by molar-refractivity contribution is 6.04. The average Bonchev–Trinajstić information content (AvgIpc) is 3.01. The van der Waals surface area contributed by atoms with Crippen molar-refractivity contribution in [3.8, 4) is 0 Å². The van der Waals surface area contributed by atoms with Crippen molar-refractivity contribution in [2.45, 2.75) is 19.4 Å². The third-order valence-corrected chi connectivity index (χ3v) is 3.88. The van der Waals surface area contributed by atoms with Crippen molar-refractivity contribution >= 4 is 29.2 Å². The summed E-state index contributed by atoms with van der Waals surface area (Å²) in [6.07, 6.45) is 2.48. The Balaban J connectivity index is 2.19. The summed E-state index contributed by atoms with van der Waals surface area (Å²) >= 11 is 0. The van der Waals surface area contributed by atoms with Gasteiger partial charge in [-0.3, -0.25) is 4.79 Å². The van der Waals surface area contributed by atoms with Gasteiger partial charge < -0.3 is 24.5 Å². The molecular weight excluding hydrogens is 318 g/mol. The molecule has 0 saturated carbocycles. The zero-order valence-electron chi connectivity index (χ0n) is 15.6. The minimum Gasteiger partial charge on any atom is -0.423 e. The molecule has 0 aliphatic carbocycles. The Labute approximate surface area is 148 Å². The van der Waals surface area contributed by atoms with E-state index in [0.29, 0.717) is 29.1 Å². The maximum absolute atomic E-state index is 12.6. The second-order valence-corrected chi connectivity index (χ2v) is 6.42. The summed E-state index contributed by atoms with van der Waals surface area (Å²) in [6.45, 7) is 3.62. The third kappa shape index (κ3) is 5.03. The molecule has 7 heteroatoms. The van der Waals surface area contributed by atoms with Crippen LogP contribution in [0.15, 0.2) is 27.6 Å². The van der Waals surface area contributed by atoms with Gasteiger partial charge in [0.05, 0.1) is 5.56 Å². The van der Waals surface area contributed by atoms with Gasteiger partial charge in [0.15, 0.2) is 5.58 Å². The predicted octanol–water partition coefficient (Wildman–Crippen LogP) is 2.03. The van der Waals surface area contributed by atoms with Crippen molar-refractivity contribution in [1.82, 2.24) is 15.2 Å². The number of carbonyl (C=O) groups excluding carboxylic acids is 1. The lowest BCUT2D eigenvalue weighted by atomic mass is 10.1. The van der Waals surface area contributed by atoms with Crippen LogP contribution < -0.4 is 10.2 Å². The van der Waals surface area contributed by atoms with E-state index in [1.54, 1.807) is 19.3 Å². The molecule has 1 aromatic carbocycles. The van der Waals surface area contributed by atoms with E-state index in [1.807, 2.05) is 45.1 Å². The number of hydrogen-bond donors (Lipinski definition) is 1. The lowest BCUT2D eigenvalue weighted by molar-refractivity contribution is 0.0943. The van der Waals surface area contributed by atoms with Crippen LogP contribution in [0.2, 0.25) is 0 Å². The van der Waals surface area contributed by atoms with Crippen molar-refractivity contribution in [1.29, 1.82) is 0 Å². The van der Waals surface area contributed by atoms with Gasteiger partial charge in [0.2, 0.25) is 0 Å². The summed E-state index contributed by atoms with van der Waals surface area (Å²) in [4.78, 5) is 25.1. The van der Waals surface area contributed by atoms with Gasteiger partial charge in [-0.15, -0.1) is 0 Å². The van der Waals surface area contributed by atoms with Crippen LogP contribution in [-0.2, 0) is 0 Å². The van der Waals surface area contributed by atoms with Crippen molar-refractivity contribution in [3.05, 3.63) is 23.8 Å². The van der Waals surface area contributed by atoms with Crippen LogP contribution in [0.5, 0.6) is 0 Å². The number of hydrogen-bond acceptors (Lipinski definition) is 6. The van der Waals surface area contributed by atoms with E-state index in [0.717, 1.165) is 13.1 Å². The quantitative estimate of drug-likeness (QED) is 0.741. The molecule has 7 nitrogen and oxygen atoms in total. The van der Waals surface area contributed by atoms with Crippen LogP contribution in [0.3, 0.4) is 0 Å². The fraction of sp³-hybridized carbons (Fsp3) is 0.500. The highest BCUT2D eigenvalue weighted by Gasteiger charge is 2.18. The van der Waals surface area contributed by atoms with E-state index < -0.39 is 0 Å². The largest absolute Gasteiger partial charge is 0.423 e. The van der Waals surface area contributed by atoms with Gasteiger partial charge in [-0.25, -0.2) is 0 Å². The smallest absolute Gasteiger partial charge is 0.298 e. The number of aliphatic imine (C=N–C) groups is 1. The Hall–Kier alpha value is -2.41. The highest BCUT2D eigenvalue weighted by atomic mass is 16.4. The lowest BCUT2D eigenvalue weighted by Crippen LogP contribution is -2.32. The molecule has 0 saturated heterocycles. The van der Waals surface area contributed by atoms with Gasteiger partial charge in [-0.1, -0.05) is 6.07 Å². The molecule has 0 bridgehead atoms. The van der Waals surface area contributed by atoms with Gasteiger partial charge >= 0.3 is 0 Å². The number of fused-ring (bicyclic) bond motifs is 1. The lowest BCUT2D eigenvalue weighted by Gasteiger charge is -2.17. The molecule has 1 N–H and O–H groups in total. The average molecular weight is 345 g/mol. The molecule has 136 valence electrons. The summed E-state index contributed by atoms with van der Waals surface area (Å²) in [5, 5.41) is 2.97. The Bertz CT molecular complexity index is 738. The topological polar surface area (TPSA) is 74.0 Å². The highest BCUT2D eigenvalue weighted by Crippen LogP contribution is 2.24. The van der Waals surface area contributed by atoms with E-state index in [-0.39, 0.29) is 11.9 Å². The van der Waals surface area contributed by atoms with E-state index in [4.69, 9.17) is 4.42 Å². The van der Waals surface area contributed by atoms with Crippen LogP contribution in [-0.4, -0.2) is 69.3 Å². The molecule has 1 atom stereocenters. The number of oxazole rings is 1. The number of rotatable bonds is 8. The molecule has 1 unspecified atom stereocenters. The zero-order valence-corrected chi connectivity index (χ0v) is 15.6. The van der Waals surface area contributed by atoms with Gasteiger partial charge in [0.25, 0.3) is 11.9 Å². The maximum Gasteiger partial charge on any atom is 0.298 e. The molecule has 0 aliphatic rings. The Morgan fingerprint density at radius 2 is 2.12 bits per heavy atom. The van der Waals surface area contributed by atoms with E-state index in [1.165, 1.54) is 0 Å². The van der Waals surface area contributed by atoms with Gasteiger partial charge in [-0.05, 0) is 33.2 Å². The molecule has 2 aromatic rings. The number of aromatic nitrogens is 1. The number of likely N-dealkylation sites (N-methyl/N-ethyl adjacent to an activating group) is 2. The number of nitrogens with one attached hydrogen (secondary N) is 1. The number of benzene rings is 1. The Morgan fingerprint density at radius 1 is 1.36 bits per heavy atom. The first-order valence-corrected chi connectivity index (χ1v) is 8.39. The van der Waals surface area contributed by atoms with Crippen molar-refractivity contribution < 1.29 is 9.21 Å². The van der Waals surface area contributed by atoms with Gasteiger partial charge in [0, 0.05) is 45.9 Å². The summed E-state index contributed by atoms with van der Waals surface area (Å²) < 4.78 is 5.82. The molecule has 1 heterocycles. The second-order valence-electron chi connectivity index (χ2n) is 6.42. The van der Waals surface area contributed by atoms with Crippen LogP contribution in [0.4, 0.5) is 6.01 Å². The SMILES string of the molecule is CN=CCC(C)NC(=O)c1cccc2oc(N(C)CCN(C)C)nc12. The molecule has 0 fully saturated rings. The summed E-state index contributed by atoms with van der Waals surface area (Å²) in [7, 11) is 7.69. The van der Waals surface area contributed by atoms with E-state index in [2.05, 4.69) is 20.2 Å². The van der Waals surface area contributed by atoms with Crippen molar-refractivity contribution in [2.24, 2.45) is 4.99 Å². The minimum atomic E-state index is -0.154. The summed E-state index contributed by atoms with van der Waals surface area (Å²) in [6, 6.07) is 5.92. The standard InChI is InChI=1S/C18H27N5O2/c1-13(9-10-19-2)20-17(24)14-7-6-8-15-16(14)21-18(25-15)23(5)12-11-22(3)4/h6-8,10,13H,9,11-12H2,1-5H3,(H,20,24). The van der Waals surface area contributed by atoms with Gasteiger partial charge in [0.1, 0.15) is 5.52 Å². The Kier molecular flexibility index (Phi) is 6.52. The molecule has 1 aromatic heterocycles. The van der Waals surface area contributed by atoms with E-state index >= 15 is 0 Å². The molecule has 2 rings (SSSR count). The van der Waals surface area contributed by atoms with Gasteiger partial charge in [-0.2, -0.15) is 4.98 Å². The fourth-order valence-electron chi connectivity index (χ4n) is 2.35. The van der Waals surface area contributed by atoms with Crippen molar-refractivity contribution in [2.75, 3.05) is 46.2 Å². The van der Waals surface area contributed by atoms with Crippen LogP contribution in [0.1, 0.15) is 23.7 Å². The molecule has 1 amide bonds. The normalized spacial score (nSPS) is 12.9. The molecule has 0 spiro atoms. The summed E-state index contributed by atoms with van der Waals surface area (Å²) in [5.41, 5.74) is 1.72. The molecule has 25 heavy (non-hydrogen) atoms. The minimum absolute atomic E-state index is 0.000549. The first-order chi connectivity index (χ1) is 11.9. The second kappa shape index (κ2) is 8.62. The van der Waals surface area contributed by atoms with E-state index in [9.17, 15) is 4.79 Å². The summed E-state index contributed by atoms with van der Waals surface area (Å²) in [5.74, 6) is -0.154. The number of nitrogens with zero attached hydrogens (tertiary/aromatic N) is 4. The molecular formula is C18H27N5O2. The van der Waals surface area contributed by atoms with Crippen LogP contribution >= 0.6 is 0 Å². The zero-order chi connectivity index (χ0) is 18.4. The fourth-order valence-corrected chi connectivity index (χ4v) is 2.35. The number of carbonyl (C=O) groups is 1. The molecule has 0 radical (unpaired) electrons. The number of anilines is 1. The first kappa shape index (κ1) is 18.9. The van der Waals surface area contributed by atoms with Crippen molar-refractivity contribution in [3.63, 3.8) is 0 Å². The van der Waals surface area contributed by atoms with Crippen LogP contribution in [0.25, 0.3) is 11.1 Å². The Morgan fingerprint density at radius 3 is 2.80 bits per heavy atom. The third-order valence-electron chi connectivity index (χ3n) is 3.88. The van der Waals surface area contributed by atoms with Crippen LogP contribution in [0, 0.1) is 0 Å². The number of amides is 1. The predicted molar refractivity (Wildman–Crippen MR) is 102 cm³/mol. The monoisotopic (exact) mass is 345 g/mol. The first-order valence-electron chi connectivity index (χ1n) is 8.39. The molecule has 0 aliphatic heterocycles. The number of para-hydroxylation sites is 1. The maximum atomic E-state index is 12.6.